The normalized spacial score (nSPS) is 22.7. The molecule has 0 saturated heterocycles. The molecule has 0 radical (unpaired) electrons. The quantitative estimate of drug-likeness (QED) is 0.524. The Balaban J connectivity index is 1.81. The van der Waals surface area contributed by atoms with E-state index in [-0.39, 0.29) is 5.41 Å². The molecular weight excluding hydrogens is 336 g/mol. The first-order valence-corrected chi connectivity index (χ1v) is 9.45. The Kier molecular flexibility index (Phi) is 5.59. The topological polar surface area (TPSA) is 52.8 Å². The molecule has 2 aromatic rings. The molecule has 5 nitrogen and oxygen atoms in total. The molecule has 0 amide bonds. The second-order valence-corrected chi connectivity index (χ2v) is 7.51. The van der Waals surface area contributed by atoms with E-state index in [9.17, 15) is 0 Å². The van der Waals surface area contributed by atoms with E-state index in [0.717, 1.165) is 36.2 Å². The fourth-order valence-electron chi connectivity index (χ4n) is 3.91. The van der Waals surface area contributed by atoms with Gasteiger partial charge in [0, 0.05) is 19.4 Å². The third-order valence-electron chi connectivity index (χ3n) is 5.27. The lowest BCUT2D eigenvalue weighted by molar-refractivity contribution is 0.185. The van der Waals surface area contributed by atoms with Gasteiger partial charge in [0.2, 0.25) is 0 Å². The number of aromatic nitrogens is 4. The predicted molar refractivity (Wildman–Crippen MR) is 108 cm³/mol. The van der Waals surface area contributed by atoms with Crippen LogP contribution in [0.2, 0.25) is 0 Å². The molecule has 0 atom stereocenters. The predicted octanol–water partition coefficient (Wildman–Crippen LogP) is 4.78. The zero-order valence-electron chi connectivity index (χ0n) is 16.6. The molecule has 0 aliphatic heterocycles. The second kappa shape index (κ2) is 7.91. The van der Waals surface area contributed by atoms with Crippen molar-refractivity contribution < 1.29 is 4.74 Å². The molecule has 2 aromatic heterocycles. The lowest BCUT2D eigenvalue weighted by Crippen LogP contribution is -2.43. The number of aryl methyl sites for hydroxylation is 1. The van der Waals surface area contributed by atoms with Crippen LogP contribution in [-0.2, 0) is 17.2 Å². The fraction of sp³-hybridized carbons (Fsp3) is 0.409. The minimum atomic E-state index is -0.105. The van der Waals surface area contributed by atoms with Gasteiger partial charge in [-0.1, -0.05) is 26.5 Å². The molecule has 0 unspecified atom stereocenters. The van der Waals surface area contributed by atoms with Crippen LogP contribution in [-0.4, -0.2) is 19.7 Å². The number of hydrogen-bond donors (Lipinski definition) is 0. The van der Waals surface area contributed by atoms with Gasteiger partial charge in [-0.3, -0.25) is 4.98 Å². The van der Waals surface area contributed by atoms with Crippen LogP contribution in [0.4, 0.5) is 0 Å². The van der Waals surface area contributed by atoms with Crippen LogP contribution in [0.15, 0.2) is 55.0 Å². The van der Waals surface area contributed by atoms with Gasteiger partial charge in [0.1, 0.15) is 17.9 Å². The summed E-state index contributed by atoms with van der Waals surface area (Å²) >= 11 is 0. The van der Waals surface area contributed by atoms with Crippen molar-refractivity contribution in [3.05, 3.63) is 72.0 Å². The Hall–Kier alpha value is -2.69. The molecule has 5 heteroatoms. The second-order valence-electron chi connectivity index (χ2n) is 7.51. The first kappa shape index (κ1) is 19.1. The summed E-state index contributed by atoms with van der Waals surface area (Å²) in [4.78, 5) is 4.46. The molecule has 142 valence electrons. The minimum absolute atomic E-state index is 0.105. The van der Waals surface area contributed by atoms with Gasteiger partial charge in [-0.05, 0) is 60.9 Å². The van der Waals surface area contributed by atoms with E-state index < -0.39 is 0 Å². The third-order valence-corrected chi connectivity index (χ3v) is 5.27. The lowest BCUT2D eigenvalue weighted by Gasteiger charge is -2.45. The Morgan fingerprint density at radius 3 is 2.81 bits per heavy atom. The van der Waals surface area contributed by atoms with Crippen LogP contribution in [0.25, 0.3) is 6.08 Å². The molecule has 27 heavy (non-hydrogen) atoms. The zero-order chi connectivity index (χ0) is 19.4. The summed E-state index contributed by atoms with van der Waals surface area (Å²) < 4.78 is 7.66. The highest BCUT2D eigenvalue weighted by Crippen LogP contribution is 2.51. The number of pyridine rings is 1. The molecule has 3 rings (SSSR count). The standard InChI is InChI=1S/C22H28N4O/c1-6-7-17(3)18(4)27-9-8-19-10-20(14-23-13-19)22(11-16(2)12-22)21-25-24-15-26(21)5/h7-10,13-16H,4,6,11-12H2,1-3,5H3/b9-8+,17-7-. The molecule has 0 spiro atoms. The molecular formula is C22H28N4O. The highest BCUT2D eigenvalue weighted by molar-refractivity contribution is 5.50. The van der Waals surface area contributed by atoms with E-state index in [0.29, 0.717) is 11.7 Å². The number of allylic oxidation sites excluding steroid dienone is 2. The lowest BCUT2D eigenvalue weighted by atomic mass is 9.59. The van der Waals surface area contributed by atoms with Gasteiger partial charge in [0.05, 0.1) is 11.7 Å². The Morgan fingerprint density at radius 2 is 2.19 bits per heavy atom. The van der Waals surface area contributed by atoms with Gasteiger partial charge in [-0.15, -0.1) is 10.2 Å². The van der Waals surface area contributed by atoms with Crippen molar-refractivity contribution in [3.8, 4) is 0 Å². The van der Waals surface area contributed by atoms with Crippen molar-refractivity contribution >= 4 is 6.08 Å². The molecule has 1 fully saturated rings. The van der Waals surface area contributed by atoms with Crippen LogP contribution in [0.3, 0.4) is 0 Å². The van der Waals surface area contributed by atoms with Crippen LogP contribution in [0.5, 0.6) is 0 Å². The van der Waals surface area contributed by atoms with E-state index in [1.165, 1.54) is 5.56 Å². The molecule has 0 aromatic carbocycles. The monoisotopic (exact) mass is 364 g/mol. The van der Waals surface area contributed by atoms with Crippen molar-refractivity contribution in [2.24, 2.45) is 13.0 Å². The summed E-state index contributed by atoms with van der Waals surface area (Å²) in [7, 11) is 2.00. The van der Waals surface area contributed by atoms with E-state index in [1.54, 1.807) is 12.6 Å². The number of ether oxygens (including phenoxy) is 1. The van der Waals surface area contributed by atoms with E-state index in [4.69, 9.17) is 4.74 Å². The van der Waals surface area contributed by atoms with Crippen molar-refractivity contribution in [1.29, 1.82) is 0 Å². The van der Waals surface area contributed by atoms with Gasteiger partial charge >= 0.3 is 0 Å². The highest BCUT2D eigenvalue weighted by atomic mass is 16.5. The van der Waals surface area contributed by atoms with E-state index in [1.807, 2.05) is 37.0 Å². The fourth-order valence-corrected chi connectivity index (χ4v) is 3.91. The Bertz CT molecular complexity index is 872. The maximum absolute atomic E-state index is 5.64. The molecule has 0 N–H and O–H groups in total. The molecule has 1 saturated carbocycles. The van der Waals surface area contributed by atoms with Gasteiger partial charge in [0.15, 0.2) is 0 Å². The summed E-state index contributed by atoms with van der Waals surface area (Å²) in [5, 5.41) is 8.48. The van der Waals surface area contributed by atoms with Gasteiger partial charge in [-0.25, -0.2) is 0 Å². The summed E-state index contributed by atoms with van der Waals surface area (Å²) in [5.74, 6) is 2.34. The smallest absolute Gasteiger partial charge is 0.143 e. The zero-order valence-corrected chi connectivity index (χ0v) is 16.6. The van der Waals surface area contributed by atoms with Gasteiger partial charge in [0.25, 0.3) is 0 Å². The molecule has 0 bridgehead atoms. The average molecular weight is 364 g/mol. The van der Waals surface area contributed by atoms with Gasteiger partial charge in [-0.2, -0.15) is 0 Å². The molecule has 1 aliphatic carbocycles. The molecule has 1 aliphatic rings. The van der Waals surface area contributed by atoms with Crippen molar-refractivity contribution in [1.82, 2.24) is 19.7 Å². The average Bonchev–Trinajstić information content (AvgIpc) is 3.05. The number of nitrogens with zero attached hydrogens (tertiary/aromatic N) is 4. The highest BCUT2D eigenvalue weighted by Gasteiger charge is 2.48. The van der Waals surface area contributed by atoms with E-state index >= 15 is 0 Å². The first-order valence-electron chi connectivity index (χ1n) is 9.45. The summed E-state index contributed by atoms with van der Waals surface area (Å²) in [6, 6.07) is 2.17. The third kappa shape index (κ3) is 3.87. The van der Waals surface area contributed by atoms with Crippen LogP contribution >= 0.6 is 0 Å². The SMILES string of the molecule is C=C(O/C=C/c1cncc(C2(c3nncn3C)CC(C)C2)c1)/C(C)=C\CC. The largest absolute Gasteiger partial charge is 0.465 e. The van der Waals surface area contributed by atoms with E-state index in [2.05, 4.69) is 47.8 Å². The van der Waals surface area contributed by atoms with Crippen molar-refractivity contribution in [3.63, 3.8) is 0 Å². The van der Waals surface area contributed by atoms with Crippen LogP contribution in [0.1, 0.15) is 57.0 Å². The Labute approximate surface area is 161 Å². The van der Waals surface area contributed by atoms with Crippen LogP contribution in [0, 0.1) is 5.92 Å². The maximum Gasteiger partial charge on any atom is 0.143 e. The summed E-state index contributed by atoms with van der Waals surface area (Å²) in [5.41, 5.74) is 3.13. The van der Waals surface area contributed by atoms with Crippen molar-refractivity contribution in [2.45, 2.75) is 45.4 Å². The molecule has 2 heterocycles. The van der Waals surface area contributed by atoms with Crippen molar-refractivity contribution in [2.75, 3.05) is 0 Å². The minimum Gasteiger partial charge on any atom is -0.465 e. The summed E-state index contributed by atoms with van der Waals surface area (Å²) in [6.07, 6.45) is 14.3. The first-order chi connectivity index (χ1) is 13.0. The summed E-state index contributed by atoms with van der Waals surface area (Å²) in [6.45, 7) is 10.3. The number of hydrogen-bond acceptors (Lipinski definition) is 4. The Morgan fingerprint density at radius 1 is 1.41 bits per heavy atom. The number of rotatable bonds is 7. The van der Waals surface area contributed by atoms with Gasteiger partial charge < -0.3 is 9.30 Å². The maximum atomic E-state index is 5.64. The van der Waals surface area contributed by atoms with Crippen LogP contribution < -0.4 is 0 Å².